The Morgan fingerprint density at radius 2 is 2.07 bits per heavy atom. The van der Waals surface area contributed by atoms with Crippen molar-refractivity contribution in [2.24, 2.45) is 0 Å². The van der Waals surface area contributed by atoms with Crippen LogP contribution in [0.2, 0.25) is 0 Å². The fourth-order valence-corrected chi connectivity index (χ4v) is 1.86. The summed E-state index contributed by atoms with van der Waals surface area (Å²) in [5.41, 5.74) is 2.43. The normalized spacial score (nSPS) is 10.2. The van der Waals surface area contributed by atoms with Crippen LogP contribution in [0.15, 0.2) is 22.7 Å². The molecule has 0 amide bonds. The van der Waals surface area contributed by atoms with Gasteiger partial charge in [0.15, 0.2) is 0 Å². The smallest absolute Gasteiger partial charge is 0.0485 e. The van der Waals surface area contributed by atoms with Gasteiger partial charge in [-0.15, -0.1) is 0 Å². The molecule has 2 N–H and O–H groups in total. The van der Waals surface area contributed by atoms with E-state index in [4.69, 9.17) is 0 Å². The van der Waals surface area contributed by atoms with Crippen LogP contribution in [0.5, 0.6) is 0 Å². The predicted molar refractivity (Wildman–Crippen MR) is 65.9 cm³/mol. The van der Waals surface area contributed by atoms with Crippen LogP contribution in [-0.4, -0.2) is 19.6 Å². The number of aryl methyl sites for hydroxylation is 1. The number of nitrogens with one attached hydrogen (secondary N) is 2. The highest BCUT2D eigenvalue weighted by Gasteiger charge is 1.97. The van der Waals surface area contributed by atoms with Crippen molar-refractivity contribution in [2.45, 2.75) is 13.8 Å². The zero-order valence-corrected chi connectivity index (χ0v) is 10.3. The van der Waals surface area contributed by atoms with E-state index >= 15 is 0 Å². The number of hydrogen-bond acceptors (Lipinski definition) is 2. The Hall–Kier alpha value is -0.540. The van der Waals surface area contributed by atoms with Crippen molar-refractivity contribution in [3.8, 4) is 0 Å². The number of anilines is 1. The van der Waals surface area contributed by atoms with E-state index in [2.05, 4.69) is 58.6 Å². The largest absolute Gasteiger partial charge is 0.383 e. The zero-order chi connectivity index (χ0) is 10.4. The van der Waals surface area contributed by atoms with Gasteiger partial charge in [0.1, 0.15) is 0 Å². The van der Waals surface area contributed by atoms with Crippen LogP contribution >= 0.6 is 15.9 Å². The molecule has 0 heterocycles. The van der Waals surface area contributed by atoms with Crippen LogP contribution in [0.3, 0.4) is 0 Å². The summed E-state index contributed by atoms with van der Waals surface area (Å²) in [7, 11) is 0. The zero-order valence-electron chi connectivity index (χ0n) is 8.73. The Morgan fingerprint density at radius 1 is 1.29 bits per heavy atom. The van der Waals surface area contributed by atoms with Crippen LogP contribution in [0, 0.1) is 6.92 Å². The van der Waals surface area contributed by atoms with Crippen LogP contribution in [0.4, 0.5) is 5.69 Å². The van der Waals surface area contributed by atoms with Gasteiger partial charge in [0, 0.05) is 23.2 Å². The minimum absolute atomic E-state index is 0.954. The summed E-state index contributed by atoms with van der Waals surface area (Å²) < 4.78 is 1.13. The summed E-state index contributed by atoms with van der Waals surface area (Å²) in [5, 5.41) is 6.64. The maximum absolute atomic E-state index is 3.53. The van der Waals surface area contributed by atoms with E-state index in [-0.39, 0.29) is 0 Å². The molecule has 1 aromatic rings. The van der Waals surface area contributed by atoms with E-state index in [9.17, 15) is 0 Å². The molecular formula is C11H17BrN2. The molecule has 0 aromatic heterocycles. The molecule has 0 aliphatic heterocycles. The lowest BCUT2D eigenvalue weighted by molar-refractivity contribution is 0.739. The number of hydrogen-bond donors (Lipinski definition) is 2. The van der Waals surface area contributed by atoms with Gasteiger partial charge in [-0.05, 0) is 47.1 Å². The van der Waals surface area contributed by atoms with Crippen molar-refractivity contribution in [1.29, 1.82) is 0 Å². The minimum Gasteiger partial charge on any atom is -0.383 e. The Labute approximate surface area is 94.2 Å². The molecule has 78 valence electrons. The average Bonchev–Trinajstić information content (AvgIpc) is 2.15. The fourth-order valence-electron chi connectivity index (χ4n) is 1.23. The Bertz CT molecular complexity index is 287. The van der Waals surface area contributed by atoms with Gasteiger partial charge >= 0.3 is 0 Å². The quantitative estimate of drug-likeness (QED) is 0.792. The molecule has 2 nitrogen and oxygen atoms in total. The molecule has 0 unspecified atom stereocenters. The average molecular weight is 257 g/mol. The maximum atomic E-state index is 3.53. The van der Waals surface area contributed by atoms with E-state index in [1.54, 1.807) is 0 Å². The van der Waals surface area contributed by atoms with Gasteiger partial charge in [0.2, 0.25) is 0 Å². The van der Waals surface area contributed by atoms with Gasteiger partial charge in [-0.3, -0.25) is 0 Å². The summed E-state index contributed by atoms with van der Waals surface area (Å²) >= 11 is 3.53. The molecule has 1 rings (SSSR count). The highest BCUT2D eigenvalue weighted by atomic mass is 79.9. The molecule has 1 aromatic carbocycles. The summed E-state index contributed by atoms with van der Waals surface area (Å²) in [5.74, 6) is 0. The predicted octanol–water partition coefficient (Wildman–Crippen LogP) is 2.78. The van der Waals surface area contributed by atoms with E-state index in [0.717, 1.165) is 29.8 Å². The number of benzene rings is 1. The second-order valence-corrected chi connectivity index (χ2v) is 4.12. The van der Waals surface area contributed by atoms with Crippen LogP contribution < -0.4 is 10.6 Å². The topological polar surface area (TPSA) is 24.1 Å². The molecule has 0 bridgehead atoms. The molecular weight excluding hydrogens is 240 g/mol. The van der Waals surface area contributed by atoms with Gasteiger partial charge in [-0.1, -0.05) is 13.0 Å². The molecule has 0 saturated heterocycles. The third kappa shape index (κ3) is 3.68. The standard InChI is InChI=1S/C11H17BrN2/c1-3-13-6-7-14-11-5-4-9(2)8-10(11)12/h4-5,8,13-14H,3,6-7H2,1-2H3. The highest BCUT2D eigenvalue weighted by Crippen LogP contribution is 2.22. The second kappa shape index (κ2) is 6.04. The fraction of sp³-hybridized carbons (Fsp3) is 0.455. The second-order valence-electron chi connectivity index (χ2n) is 3.26. The third-order valence-electron chi connectivity index (χ3n) is 1.99. The van der Waals surface area contributed by atoms with Gasteiger partial charge in [0.25, 0.3) is 0 Å². The van der Waals surface area contributed by atoms with Crippen molar-refractivity contribution < 1.29 is 0 Å². The molecule has 0 spiro atoms. The van der Waals surface area contributed by atoms with E-state index in [1.165, 1.54) is 5.56 Å². The molecule has 0 radical (unpaired) electrons. The minimum atomic E-state index is 0.954. The lowest BCUT2D eigenvalue weighted by Gasteiger charge is -2.09. The SMILES string of the molecule is CCNCCNc1ccc(C)cc1Br. The van der Waals surface area contributed by atoms with Gasteiger partial charge in [-0.2, -0.15) is 0 Å². The first-order valence-electron chi connectivity index (χ1n) is 4.94. The van der Waals surface area contributed by atoms with Crippen molar-refractivity contribution in [3.63, 3.8) is 0 Å². The first-order valence-corrected chi connectivity index (χ1v) is 5.74. The summed E-state index contributed by atoms with van der Waals surface area (Å²) in [6.07, 6.45) is 0. The van der Waals surface area contributed by atoms with Crippen molar-refractivity contribution in [2.75, 3.05) is 25.0 Å². The van der Waals surface area contributed by atoms with Crippen molar-refractivity contribution >= 4 is 21.6 Å². The highest BCUT2D eigenvalue weighted by molar-refractivity contribution is 9.10. The maximum Gasteiger partial charge on any atom is 0.0485 e. The van der Waals surface area contributed by atoms with Gasteiger partial charge in [0.05, 0.1) is 0 Å². The van der Waals surface area contributed by atoms with Gasteiger partial charge in [-0.25, -0.2) is 0 Å². The summed E-state index contributed by atoms with van der Waals surface area (Å²) in [6.45, 7) is 7.18. The number of likely N-dealkylation sites (N-methyl/N-ethyl adjacent to an activating group) is 1. The molecule has 0 aliphatic carbocycles. The molecule has 0 saturated carbocycles. The van der Waals surface area contributed by atoms with Crippen molar-refractivity contribution in [1.82, 2.24) is 5.32 Å². The molecule has 14 heavy (non-hydrogen) atoms. The first-order chi connectivity index (χ1) is 6.74. The lowest BCUT2D eigenvalue weighted by Crippen LogP contribution is -2.21. The summed E-state index contributed by atoms with van der Waals surface area (Å²) in [4.78, 5) is 0. The van der Waals surface area contributed by atoms with Crippen molar-refractivity contribution in [3.05, 3.63) is 28.2 Å². The van der Waals surface area contributed by atoms with Gasteiger partial charge < -0.3 is 10.6 Å². The summed E-state index contributed by atoms with van der Waals surface area (Å²) in [6, 6.07) is 6.33. The Balaban J connectivity index is 2.42. The Morgan fingerprint density at radius 3 is 2.71 bits per heavy atom. The monoisotopic (exact) mass is 256 g/mol. The van der Waals surface area contributed by atoms with E-state index in [1.807, 2.05) is 0 Å². The first kappa shape index (κ1) is 11.5. The Kier molecular flexibility index (Phi) is 4.98. The molecule has 0 atom stereocenters. The number of halogens is 1. The number of rotatable bonds is 5. The molecule has 3 heteroatoms. The van der Waals surface area contributed by atoms with E-state index < -0.39 is 0 Å². The third-order valence-corrected chi connectivity index (χ3v) is 2.65. The van der Waals surface area contributed by atoms with Crippen LogP contribution in [-0.2, 0) is 0 Å². The van der Waals surface area contributed by atoms with E-state index in [0.29, 0.717) is 0 Å². The molecule has 0 fully saturated rings. The van der Waals surface area contributed by atoms with Crippen LogP contribution in [0.1, 0.15) is 12.5 Å². The molecule has 0 aliphatic rings. The lowest BCUT2D eigenvalue weighted by atomic mass is 10.2. The van der Waals surface area contributed by atoms with Crippen LogP contribution in [0.25, 0.3) is 0 Å².